The molecule has 0 aliphatic heterocycles. The van der Waals surface area contributed by atoms with Gasteiger partial charge in [0, 0.05) is 5.69 Å². The number of H-pyrrole nitrogens is 2. The number of hydrogen-bond acceptors (Lipinski definition) is 3. The average Bonchev–Trinajstić information content (AvgIpc) is 2.92. The molecular weight excluding hydrogens is 318 g/mol. The summed E-state index contributed by atoms with van der Waals surface area (Å²) in [6.07, 6.45) is 3.58. The predicted molar refractivity (Wildman–Crippen MR) is 98.6 cm³/mol. The number of aromatic amines is 2. The van der Waals surface area contributed by atoms with Gasteiger partial charge in [0.1, 0.15) is 6.61 Å². The molecule has 1 aliphatic rings. The van der Waals surface area contributed by atoms with E-state index in [4.69, 9.17) is 4.74 Å². The average molecular weight is 345 g/mol. The summed E-state index contributed by atoms with van der Waals surface area (Å²) in [5, 5.41) is 2.84. The van der Waals surface area contributed by atoms with Crippen LogP contribution in [-0.2, 0) is 9.53 Å². The van der Waals surface area contributed by atoms with E-state index >= 15 is 0 Å². The quantitative estimate of drug-likeness (QED) is 0.777. The molecule has 1 aromatic carbocycles. The van der Waals surface area contributed by atoms with Crippen molar-refractivity contribution in [2.24, 2.45) is 17.8 Å². The molecule has 6 heteroatoms. The highest BCUT2D eigenvalue weighted by molar-refractivity contribution is 5.93. The van der Waals surface area contributed by atoms with E-state index in [9.17, 15) is 9.59 Å². The van der Waals surface area contributed by atoms with Gasteiger partial charge in [-0.15, -0.1) is 0 Å². The third kappa shape index (κ3) is 4.31. The fourth-order valence-electron chi connectivity index (χ4n) is 3.80. The number of fused-ring (bicyclic) bond motifs is 1. The van der Waals surface area contributed by atoms with Crippen LogP contribution in [0.15, 0.2) is 23.0 Å². The maximum Gasteiger partial charge on any atom is 0.323 e. The minimum absolute atomic E-state index is 0.0578. The molecule has 3 unspecified atom stereocenters. The Morgan fingerprint density at radius 1 is 1.28 bits per heavy atom. The van der Waals surface area contributed by atoms with Crippen LogP contribution in [0, 0.1) is 17.8 Å². The number of hydrogen-bond donors (Lipinski definition) is 3. The van der Waals surface area contributed by atoms with Crippen LogP contribution in [0.4, 0.5) is 5.69 Å². The van der Waals surface area contributed by atoms with Gasteiger partial charge in [-0.1, -0.05) is 27.2 Å². The third-order valence-corrected chi connectivity index (χ3v) is 5.19. The van der Waals surface area contributed by atoms with Crippen molar-refractivity contribution in [2.75, 3.05) is 11.9 Å². The second-order valence-corrected chi connectivity index (χ2v) is 7.56. The summed E-state index contributed by atoms with van der Waals surface area (Å²) in [5.41, 5.74) is 1.78. The smallest absolute Gasteiger partial charge is 0.323 e. The molecule has 0 radical (unpaired) electrons. The number of aromatic nitrogens is 2. The molecular formula is C19H27N3O3. The van der Waals surface area contributed by atoms with Gasteiger partial charge >= 0.3 is 5.69 Å². The molecule has 1 heterocycles. The second kappa shape index (κ2) is 7.44. The van der Waals surface area contributed by atoms with E-state index in [-0.39, 0.29) is 24.3 Å². The first kappa shape index (κ1) is 17.7. The van der Waals surface area contributed by atoms with Gasteiger partial charge in [-0.3, -0.25) is 4.79 Å². The number of nitrogens with one attached hydrogen (secondary N) is 3. The number of imidazole rings is 1. The molecule has 25 heavy (non-hydrogen) atoms. The topological polar surface area (TPSA) is 87.0 Å². The van der Waals surface area contributed by atoms with Crippen molar-refractivity contribution in [2.45, 2.75) is 46.1 Å². The van der Waals surface area contributed by atoms with Crippen molar-refractivity contribution < 1.29 is 9.53 Å². The van der Waals surface area contributed by atoms with Crippen molar-refractivity contribution in [3.8, 4) is 0 Å². The lowest BCUT2D eigenvalue weighted by Crippen LogP contribution is -2.36. The molecule has 1 fully saturated rings. The Morgan fingerprint density at radius 3 is 2.80 bits per heavy atom. The van der Waals surface area contributed by atoms with Crippen molar-refractivity contribution in [3.05, 3.63) is 28.7 Å². The second-order valence-electron chi connectivity index (χ2n) is 7.56. The molecule has 136 valence electrons. The maximum atomic E-state index is 12.2. The van der Waals surface area contributed by atoms with Gasteiger partial charge in [-0.05, 0) is 48.8 Å². The highest BCUT2D eigenvalue weighted by Gasteiger charge is 2.31. The van der Waals surface area contributed by atoms with Gasteiger partial charge in [0.15, 0.2) is 0 Å². The number of benzene rings is 1. The van der Waals surface area contributed by atoms with Crippen LogP contribution in [0.25, 0.3) is 11.0 Å². The molecule has 6 nitrogen and oxygen atoms in total. The van der Waals surface area contributed by atoms with Crippen molar-refractivity contribution >= 4 is 22.6 Å². The molecule has 2 aromatic rings. The Hall–Kier alpha value is -2.08. The molecule has 0 spiro atoms. The molecule has 1 amide bonds. The lowest BCUT2D eigenvalue weighted by atomic mass is 9.75. The fraction of sp³-hybridized carbons (Fsp3) is 0.579. The monoisotopic (exact) mass is 345 g/mol. The predicted octanol–water partition coefficient (Wildman–Crippen LogP) is 3.27. The van der Waals surface area contributed by atoms with Crippen LogP contribution < -0.4 is 11.0 Å². The molecule has 3 rings (SSSR count). The summed E-state index contributed by atoms with van der Waals surface area (Å²) in [4.78, 5) is 28.9. The molecule has 1 saturated carbocycles. The van der Waals surface area contributed by atoms with Crippen LogP contribution in [0.1, 0.15) is 40.0 Å². The van der Waals surface area contributed by atoms with Crippen molar-refractivity contribution in [3.63, 3.8) is 0 Å². The van der Waals surface area contributed by atoms with Gasteiger partial charge in [0.05, 0.1) is 17.1 Å². The maximum absolute atomic E-state index is 12.2. The first-order chi connectivity index (χ1) is 11.9. The molecule has 0 bridgehead atoms. The Morgan fingerprint density at radius 2 is 2.04 bits per heavy atom. The lowest BCUT2D eigenvalue weighted by molar-refractivity contribution is -0.126. The highest BCUT2D eigenvalue weighted by atomic mass is 16.5. The summed E-state index contributed by atoms with van der Waals surface area (Å²) in [6, 6.07) is 5.27. The minimum Gasteiger partial charge on any atom is -0.368 e. The van der Waals surface area contributed by atoms with E-state index in [1.165, 1.54) is 12.8 Å². The van der Waals surface area contributed by atoms with Crippen LogP contribution in [0.5, 0.6) is 0 Å². The van der Waals surface area contributed by atoms with E-state index in [0.29, 0.717) is 29.0 Å². The summed E-state index contributed by atoms with van der Waals surface area (Å²) in [6.45, 7) is 6.76. The Balaban J connectivity index is 1.58. The van der Waals surface area contributed by atoms with Crippen molar-refractivity contribution in [1.29, 1.82) is 0 Å². The number of anilines is 1. The van der Waals surface area contributed by atoms with Crippen molar-refractivity contribution in [1.82, 2.24) is 9.97 Å². The van der Waals surface area contributed by atoms with Gasteiger partial charge in [-0.2, -0.15) is 0 Å². The number of amides is 1. The first-order valence-electron chi connectivity index (χ1n) is 9.06. The van der Waals surface area contributed by atoms with Gasteiger partial charge in [0.2, 0.25) is 5.91 Å². The van der Waals surface area contributed by atoms with Gasteiger partial charge < -0.3 is 20.0 Å². The molecule has 0 saturated heterocycles. The molecule has 1 aromatic heterocycles. The van der Waals surface area contributed by atoms with E-state index in [0.717, 1.165) is 11.9 Å². The molecule has 3 N–H and O–H groups in total. The third-order valence-electron chi connectivity index (χ3n) is 5.19. The summed E-state index contributed by atoms with van der Waals surface area (Å²) < 4.78 is 5.98. The van der Waals surface area contributed by atoms with Crippen LogP contribution in [0.3, 0.4) is 0 Å². The van der Waals surface area contributed by atoms with Crippen LogP contribution >= 0.6 is 0 Å². The van der Waals surface area contributed by atoms with E-state index in [2.05, 4.69) is 36.1 Å². The SMILES string of the molecule is CC1CCC(C(C)C)C(OCC(=O)Nc2ccc3[nH]c(=O)[nH]c3c2)C1. The number of ether oxygens (including phenoxy) is 1. The van der Waals surface area contributed by atoms with Crippen LogP contribution in [0.2, 0.25) is 0 Å². The number of carbonyl (C=O) groups excluding carboxylic acids is 1. The van der Waals surface area contributed by atoms with E-state index in [1.807, 2.05) is 0 Å². The van der Waals surface area contributed by atoms with Gasteiger partial charge in [0.25, 0.3) is 0 Å². The van der Waals surface area contributed by atoms with E-state index < -0.39 is 0 Å². The normalized spacial score (nSPS) is 23.9. The largest absolute Gasteiger partial charge is 0.368 e. The number of carbonyl (C=O) groups is 1. The van der Waals surface area contributed by atoms with Gasteiger partial charge in [-0.25, -0.2) is 4.79 Å². The summed E-state index contributed by atoms with van der Waals surface area (Å²) in [5.74, 6) is 1.56. The van der Waals surface area contributed by atoms with E-state index in [1.54, 1.807) is 18.2 Å². The minimum atomic E-state index is -0.257. The highest BCUT2D eigenvalue weighted by Crippen LogP contribution is 2.35. The molecule has 3 atom stereocenters. The number of rotatable bonds is 5. The standard InChI is InChI=1S/C19H27N3O3/c1-11(2)14-6-4-12(3)8-17(14)25-10-18(23)20-13-5-7-15-16(9-13)22-19(24)21-15/h5,7,9,11-12,14,17H,4,6,8,10H2,1-3H3,(H,20,23)(H2,21,22,24). The first-order valence-corrected chi connectivity index (χ1v) is 9.06. The summed E-state index contributed by atoms with van der Waals surface area (Å²) >= 11 is 0. The zero-order valence-corrected chi connectivity index (χ0v) is 15.1. The zero-order valence-electron chi connectivity index (χ0n) is 15.1. The Labute approximate surface area is 147 Å². The summed E-state index contributed by atoms with van der Waals surface area (Å²) in [7, 11) is 0. The Kier molecular flexibility index (Phi) is 5.27. The fourth-order valence-corrected chi connectivity index (χ4v) is 3.80. The molecule has 1 aliphatic carbocycles. The van der Waals surface area contributed by atoms with Crippen LogP contribution in [-0.4, -0.2) is 28.6 Å². The Bertz CT molecular complexity index is 793. The lowest BCUT2D eigenvalue weighted by Gasteiger charge is -2.37. The zero-order chi connectivity index (χ0) is 18.0.